The molecule has 0 aromatic carbocycles. The van der Waals surface area contributed by atoms with Gasteiger partial charge in [-0.15, -0.1) is 0 Å². The first kappa shape index (κ1) is 15.5. The SMILES string of the molecule is CCCC(CBr)(CCC)CN1CC(C)CC1C. The third-order valence-electron chi connectivity index (χ3n) is 4.30. The van der Waals surface area contributed by atoms with Crippen molar-refractivity contribution in [2.24, 2.45) is 11.3 Å². The highest BCUT2D eigenvalue weighted by atomic mass is 79.9. The molecule has 1 heterocycles. The van der Waals surface area contributed by atoms with Crippen LogP contribution in [-0.4, -0.2) is 29.4 Å². The number of likely N-dealkylation sites (tertiary alicyclic amines) is 1. The molecule has 17 heavy (non-hydrogen) atoms. The summed E-state index contributed by atoms with van der Waals surface area (Å²) in [5, 5.41) is 1.17. The lowest BCUT2D eigenvalue weighted by Crippen LogP contribution is -2.40. The van der Waals surface area contributed by atoms with Crippen LogP contribution >= 0.6 is 15.9 Å². The molecular formula is C15H30BrN. The van der Waals surface area contributed by atoms with Crippen LogP contribution in [0.5, 0.6) is 0 Å². The van der Waals surface area contributed by atoms with Crippen molar-refractivity contribution in [2.45, 2.75) is 65.8 Å². The monoisotopic (exact) mass is 303 g/mol. The average Bonchev–Trinajstić information content (AvgIpc) is 2.58. The summed E-state index contributed by atoms with van der Waals surface area (Å²) in [6.45, 7) is 12.0. The van der Waals surface area contributed by atoms with E-state index in [4.69, 9.17) is 0 Å². The number of nitrogens with zero attached hydrogens (tertiary/aromatic N) is 1. The number of rotatable bonds is 7. The Labute approximate surface area is 116 Å². The van der Waals surface area contributed by atoms with Crippen molar-refractivity contribution in [2.75, 3.05) is 18.4 Å². The van der Waals surface area contributed by atoms with Crippen LogP contribution < -0.4 is 0 Å². The molecule has 102 valence electrons. The van der Waals surface area contributed by atoms with E-state index in [0.717, 1.165) is 12.0 Å². The van der Waals surface area contributed by atoms with Crippen LogP contribution in [0.4, 0.5) is 0 Å². The summed E-state index contributed by atoms with van der Waals surface area (Å²) < 4.78 is 0. The van der Waals surface area contributed by atoms with Gasteiger partial charge in [0, 0.05) is 24.5 Å². The smallest absolute Gasteiger partial charge is 0.0100 e. The van der Waals surface area contributed by atoms with Crippen molar-refractivity contribution >= 4 is 15.9 Å². The van der Waals surface area contributed by atoms with Gasteiger partial charge in [0.1, 0.15) is 0 Å². The first-order valence-corrected chi connectivity index (χ1v) is 8.49. The summed E-state index contributed by atoms with van der Waals surface area (Å²) in [4.78, 5) is 2.73. The van der Waals surface area contributed by atoms with E-state index in [0.29, 0.717) is 5.41 Å². The molecule has 0 radical (unpaired) electrons. The summed E-state index contributed by atoms with van der Waals surface area (Å²) >= 11 is 3.79. The molecule has 1 nitrogen and oxygen atoms in total. The molecule has 1 saturated heterocycles. The standard InChI is InChI=1S/C15H30BrN/c1-5-7-15(11-16,8-6-2)12-17-10-13(3)9-14(17)4/h13-14H,5-12H2,1-4H3. The highest BCUT2D eigenvalue weighted by Crippen LogP contribution is 2.36. The van der Waals surface area contributed by atoms with Gasteiger partial charge >= 0.3 is 0 Å². The van der Waals surface area contributed by atoms with Gasteiger partial charge in [0.05, 0.1) is 0 Å². The van der Waals surface area contributed by atoms with E-state index in [9.17, 15) is 0 Å². The summed E-state index contributed by atoms with van der Waals surface area (Å²) in [7, 11) is 0. The van der Waals surface area contributed by atoms with Crippen LogP contribution in [0.15, 0.2) is 0 Å². The van der Waals surface area contributed by atoms with Crippen molar-refractivity contribution in [3.8, 4) is 0 Å². The molecule has 0 aromatic rings. The van der Waals surface area contributed by atoms with Gasteiger partial charge in [0.25, 0.3) is 0 Å². The molecule has 0 N–H and O–H groups in total. The Kier molecular flexibility index (Phi) is 6.50. The normalized spacial score (nSPS) is 26.6. The van der Waals surface area contributed by atoms with Crippen molar-refractivity contribution in [3.63, 3.8) is 0 Å². The van der Waals surface area contributed by atoms with Crippen LogP contribution in [-0.2, 0) is 0 Å². The molecule has 1 fully saturated rings. The van der Waals surface area contributed by atoms with E-state index in [2.05, 4.69) is 48.5 Å². The molecule has 0 aromatic heterocycles. The van der Waals surface area contributed by atoms with E-state index in [-0.39, 0.29) is 0 Å². The highest BCUT2D eigenvalue weighted by molar-refractivity contribution is 9.09. The molecule has 1 aliphatic heterocycles. The number of hydrogen-bond donors (Lipinski definition) is 0. The van der Waals surface area contributed by atoms with Gasteiger partial charge in [0.2, 0.25) is 0 Å². The summed E-state index contributed by atoms with van der Waals surface area (Å²) in [6.07, 6.45) is 6.73. The van der Waals surface area contributed by atoms with Gasteiger partial charge < -0.3 is 0 Å². The molecule has 0 spiro atoms. The largest absolute Gasteiger partial charge is 0.300 e. The van der Waals surface area contributed by atoms with E-state index in [1.165, 1.54) is 50.5 Å². The Morgan fingerprint density at radius 1 is 1.18 bits per heavy atom. The quantitative estimate of drug-likeness (QED) is 0.616. The fourth-order valence-corrected chi connectivity index (χ4v) is 4.30. The summed E-state index contributed by atoms with van der Waals surface area (Å²) in [6, 6.07) is 0.789. The zero-order chi connectivity index (χ0) is 12.9. The van der Waals surface area contributed by atoms with Crippen molar-refractivity contribution in [1.82, 2.24) is 4.90 Å². The van der Waals surface area contributed by atoms with E-state index in [1.807, 2.05) is 0 Å². The fourth-order valence-electron chi connectivity index (χ4n) is 3.56. The second kappa shape index (κ2) is 7.13. The van der Waals surface area contributed by atoms with Gasteiger partial charge in [-0.1, -0.05) is 49.5 Å². The van der Waals surface area contributed by atoms with Gasteiger partial charge in [-0.25, -0.2) is 0 Å². The zero-order valence-corrected chi connectivity index (χ0v) is 13.7. The third-order valence-corrected chi connectivity index (χ3v) is 5.49. The number of halogens is 1. The lowest BCUT2D eigenvalue weighted by Gasteiger charge is -2.37. The summed E-state index contributed by atoms with van der Waals surface area (Å²) in [5.41, 5.74) is 0.516. The summed E-state index contributed by atoms with van der Waals surface area (Å²) in [5.74, 6) is 0.890. The third kappa shape index (κ3) is 4.24. The van der Waals surface area contributed by atoms with Gasteiger partial charge in [-0.05, 0) is 37.5 Å². The van der Waals surface area contributed by atoms with Crippen LogP contribution in [0.2, 0.25) is 0 Å². The maximum absolute atomic E-state index is 3.79. The molecule has 0 aliphatic carbocycles. The first-order valence-electron chi connectivity index (χ1n) is 7.37. The molecule has 2 heteroatoms. The van der Waals surface area contributed by atoms with Crippen LogP contribution in [0.25, 0.3) is 0 Å². The van der Waals surface area contributed by atoms with Gasteiger partial charge in [-0.3, -0.25) is 4.90 Å². The Hall–Kier alpha value is 0.440. The highest BCUT2D eigenvalue weighted by Gasteiger charge is 2.34. The first-order chi connectivity index (χ1) is 8.06. The minimum absolute atomic E-state index is 0.516. The Morgan fingerprint density at radius 3 is 2.12 bits per heavy atom. The lowest BCUT2D eigenvalue weighted by atomic mass is 9.80. The van der Waals surface area contributed by atoms with E-state index < -0.39 is 0 Å². The topological polar surface area (TPSA) is 3.24 Å². The molecule has 2 unspecified atom stereocenters. The Morgan fingerprint density at radius 2 is 1.76 bits per heavy atom. The number of alkyl halides is 1. The molecule has 1 rings (SSSR count). The molecule has 0 saturated carbocycles. The van der Waals surface area contributed by atoms with Crippen molar-refractivity contribution < 1.29 is 0 Å². The van der Waals surface area contributed by atoms with E-state index in [1.54, 1.807) is 0 Å². The maximum Gasteiger partial charge on any atom is 0.0100 e. The predicted octanol–water partition coefficient (Wildman–Crippen LogP) is 4.70. The predicted molar refractivity (Wildman–Crippen MR) is 80.9 cm³/mol. The molecule has 0 amide bonds. The maximum atomic E-state index is 3.79. The van der Waals surface area contributed by atoms with Crippen molar-refractivity contribution in [3.05, 3.63) is 0 Å². The van der Waals surface area contributed by atoms with Crippen LogP contribution in [0.1, 0.15) is 59.8 Å². The Balaban J connectivity index is 2.64. The van der Waals surface area contributed by atoms with Crippen LogP contribution in [0, 0.1) is 11.3 Å². The molecular weight excluding hydrogens is 274 g/mol. The molecule has 1 aliphatic rings. The molecule has 2 atom stereocenters. The minimum Gasteiger partial charge on any atom is -0.300 e. The molecule has 0 bridgehead atoms. The lowest BCUT2D eigenvalue weighted by molar-refractivity contribution is 0.141. The van der Waals surface area contributed by atoms with E-state index >= 15 is 0 Å². The Bertz CT molecular complexity index is 211. The van der Waals surface area contributed by atoms with Gasteiger partial charge in [0.15, 0.2) is 0 Å². The fraction of sp³-hybridized carbons (Fsp3) is 1.00. The average molecular weight is 304 g/mol. The second-order valence-electron chi connectivity index (χ2n) is 6.25. The van der Waals surface area contributed by atoms with Crippen LogP contribution in [0.3, 0.4) is 0 Å². The van der Waals surface area contributed by atoms with Gasteiger partial charge in [-0.2, -0.15) is 0 Å². The zero-order valence-electron chi connectivity index (χ0n) is 12.1. The second-order valence-corrected chi connectivity index (χ2v) is 6.81. The number of hydrogen-bond acceptors (Lipinski definition) is 1. The van der Waals surface area contributed by atoms with Crippen molar-refractivity contribution in [1.29, 1.82) is 0 Å². The minimum atomic E-state index is 0.516.